The van der Waals surface area contributed by atoms with Crippen LogP contribution in [0.5, 0.6) is 5.75 Å². The van der Waals surface area contributed by atoms with E-state index in [0.717, 1.165) is 49.1 Å². The van der Waals surface area contributed by atoms with Crippen molar-refractivity contribution >= 4 is 22.7 Å². The second kappa shape index (κ2) is 11.1. The number of thioether (sulfide) groups is 1. The quantitative estimate of drug-likeness (QED) is 0.439. The number of fused-ring (bicyclic) bond motifs is 1. The molecule has 0 bridgehead atoms. The molecule has 8 heteroatoms. The van der Waals surface area contributed by atoms with Gasteiger partial charge in [-0.25, -0.2) is 9.37 Å². The molecule has 172 valence electrons. The van der Waals surface area contributed by atoms with E-state index in [9.17, 15) is 5.11 Å². The van der Waals surface area contributed by atoms with Crippen LogP contribution in [0.25, 0.3) is 10.9 Å². The van der Waals surface area contributed by atoms with Crippen molar-refractivity contribution in [3.05, 3.63) is 48.5 Å². The lowest BCUT2D eigenvalue weighted by Gasteiger charge is -2.38. The maximum absolute atomic E-state index is 15.3. The standard InChI is InChI=1S/C24H30FN3O3S/c1-30-19-3-5-23-21(14-19)20(6-8-26-23)22(25)4-2-17-7-10-28(15-18(17)16-29)11-13-32-24-27-9-12-31-24/h3,5-6,8-9,12,14,17-18,22,29H,2,4,7,10-11,13,15-16H2,1H3/t17-,18-,22+/m1/s1. The van der Waals surface area contributed by atoms with Crippen molar-refractivity contribution in [3.8, 4) is 5.75 Å². The molecule has 1 aliphatic rings. The topological polar surface area (TPSA) is 71.6 Å². The van der Waals surface area contributed by atoms with E-state index < -0.39 is 6.17 Å². The van der Waals surface area contributed by atoms with Crippen LogP contribution in [0.2, 0.25) is 0 Å². The van der Waals surface area contributed by atoms with Crippen LogP contribution >= 0.6 is 11.8 Å². The van der Waals surface area contributed by atoms with E-state index in [1.165, 1.54) is 0 Å². The molecule has 0 saturated carbocycles. The van der Waals surface area contributed by atoms with Crippen molar-refractivity contribution in [1.29, 1.82) is 0 Å². The highest BCUT2D eigenvalue weighted by molar-refractivity contribution is 7.99. The van der Waals surface area contributed by atoms with Crippen LogP contribution in [0.4, 0.5) is 4.39 Å². The van der Waals surface area contributed by atoms with E-state index in [-0.39, 0.29) is 12.5 Å². The average molecular weight is 460 g/mol. The van der Waals surface area contributed by atoms with Crippen molar-refractivity contribution in [2.45, 2.75) is 30.7 Å². The van der Waals surface area contributed by atoms with Gasteiger partial charge in [-0.3, -0.25) is 4.98 Å². The second-order valence-electron chi connectivity index (χ2n) is 8.27. The summed E-state index contributed by atoms with van der Waals surface area (Å²) in [6.07, 6.45) is 6.02. The highest BCUT2D eigenvalue weighted by Gasteiger charge is 2.29. The predicted molar refractivity (Wildman–Crippen MR) is 124 cm³/mol. The van der Waals surface area contributed by atoms with Gasteiger partial charge in [0.25, 0.3) is 5.22 Å². The van der Waals surface area contributed by atoms with Gasteiger partial charge in [-0.15, -0.1) is 0 Å². The third-order valence-corrected chi connectivity index (χ3v) is 7.20. The zero-order valence-corrected chi connectivity index (χ0v) is 19.1. The Morgan fingerprint density at radius 3 is 2.97 bits per heavy atom. The number of hydrogen-bond acceptors (Lipinski definition) is 7. The molecule has 1 N–H and O–H groups in total. The molecule has 1 aromatic carbocycles. The van der Waals surface area contributed by atoms with E-state index in [4.69, 9.17) is 9.15 Å². The molecule has 2 aromatic heterocycles. The fourth-order valence-electron chi connectivity index (χ4n) is 4.55. The first kappa shape index (κ1) is 23.0. The zero-order valence-electron chi connectivity index (χ0n) is 18.3. The minimum Gasteiger partial charge on any atom is -0.497 e. The third kappa shape index (κ3) is 5.60. The lowest BCUT2D eigenvalue weighted by molar-refractivity contribution is 0.0672. The first-order valence-corrected chi connectivity index (χ1v) is 12.1. The fraction of sp³-hybridized carbons (Fsp3) is 0.500. The van der Waals surface area contributed by atoms with E-state index in [1.54, 1.807) is 43.6 Å². The summed E-state index contributed by atoms with van der Waals surface area (Å²) in [5, 5.41) is 11.5. The maximum Gasteiger partial charge on any atom is 0.255 e. The van der Waals surface area contributed by atoms with Crippen LogP contribution in [-0.4, -0.2) is 59.1 Å². The Labute approximate surface area is 192 Å². The van der Waals surface area contributed by atoms with Crippen molar-refractivity contribution in [2.24, 2.45) is 11.8 Å². The van der Waals surface area contributed by atoms with Crippen molar-refractivity contribution in [2.75, 3.05) is 39.1 Å². The molecule has 1 fully saturated rings. The Hall–Kier alpha value is -2.16. The number of likely N-dealkylation sites (tertiary alicyclic amines) is 1. The van der Waals surface area contributed by atoms with Crippen molar-refractivity contribution < 1.29 is 18.7 Å². The molecule has 0 radical (unpaired) electrons. The Kier molecular flexibility index (Phi) is 8.00. The molecule has 32 heavy (non-hydrogen) atoms. The molecule has 1 aliphatic heterocycles. The summed E-state index contributed by atoms with van der Waals surface area (Å²) in [5.41, 5.74) is 1.44. The van der Waals surface area contributed by atoms with Crippen LogP contribution in [-0.2, 0) is 0 Å². The third-order valence-electron chi connectivity index (χ3n) is 6.36. The van der Waals surface area contributed by atoms with Crippen molar-refractivity contribution in [3.63, 3.8) is 0 Å². The van der Waals surface area contributed by atoms with Gasteiger partial charge in [-0.05, 0) is 67.5 Å². The van der Waals surface area contributed by atoms with Gasteiger partial charge in [0, 0.05) is 37.0 Å². The summed E-state index contributed by atoms with van der Waals surface area (Å²) in [7, 11) is 1.61. The molecule has 6 nitrogen and oxygen atoms in total. The lowest BCUT2D eigenvalue weighted by Crippen LogP contribution is -2.43. The number of benzene rings is 1. The van der Waals surface area contributed by atoms with Gasteiger partial charge >= 0.3 is 0 Å². The molecule has 0 spiro atoms. The number of halogens is 1. The van der Waals surface area contributed by atoms with E-state index in [2.05, 4.69) is 14.9 Å². The van der Waals surface area contributed by atoms with Crippen LogP contribution in [0.3, 0.4) is 0 Å². The number of aliphatic hydroxyl groups excluding tert-OH is 1. The Morgan fingerprint density at radius 1 is 1.28 bits per heavy atom. The fourth-order valence-corrected chi connectivity index (χ4v) is 5.34. The summed E-state index contributed by atoms with van der Waals surface area (Å²) in [6.45, 7) is 2.88. The molecule has 3 atom stereocenters. The molecule has 0 unspecified atom stereocenters. The van der Waals surface area contributed by atoms with Crippen LogP contribution in [0.1, 0.15) is 31.0 Å². The minimum absolute atomic E-state index is 0.139. The van der Waals surface area contributed by atoms with Gasteiger partial charge in [0.2, 0.25) is 0 Å². The lowest BCUT2D eigenvalue weighted by atomic mass is 9.81. The normalized spacial score (nSPS) is 20.5. The Morgan fingerprint density at radius 2 is 2.19 bits per heavy atom. The maximum atomic E-state index is 15.3. The molecule has 0 amide bonds. The van der Waals surface area contributed by atoms with Gasteiger partial charge in [0.1, 0.15) is 18.2 Å². The van der Waals surface area contributed by atoms with Gasteiger partial charge in [-0.2, -0.15) is 0 Å². The monoisotopic (exact) mass is 459 g/mol. The van der Waals surface area contributed by atoms with E-state index in [1.807, 2.05) is 18.2 Å². The second-order valence-corrected chi connectivity index (χ2v) is 9.31. The molecule has 4 rings (SSSR count). The zero-order chi connectivity index (χ0) is 22.3. The van der Waals surface area contributed by atoms with Gasteiger partial charge < -0.3 is 19.2 Å². The number of hydrogen-bond donors (Lipinski definition) is 1. The van der Waals surface area contributed by atoms with Gasteiger partial charge in [-0.1, -0.05) is 11.8 Å². The number of rotatable bonds is 10. The number of ether oxygens (including phenoxy) is 1. The van der Waals surface area contributed by atoms with Crippen LogP contribution < -0.4 is 4.74 Å². The SMILES string of the molecule is COc1ccc2nccc([C@@H](F)CC[C@@H]3CCN(CCSc4ncco4)C[C@@H]3CO)c2c1. The first-order valence-electron chi connectivity index (χ1n) is 11.1. The summed E-state index contributed by atoms with van der Waals surface area (Å²) in [5.74, 6) is 2.11. The van der Waals surface area contributed by atoms with Crippen molar-refractivity contribution in [1.82, 2.24) is 14.9 Å². The molecule has 3 heterocycles. The Bertz CT molecular complexity index is 988. The summed E-state index contributed by atoms with van der Waals surface area (Å²) in [6, 6.07) is 7.33. The molecular formula is C24H30FN3O3S. The number of oxazole rings is 1. The van der Waals surface area contributed by atoms with Crippen LogP contribution in [0, 0.1) is 11.8 Å². The smallest absolute Gasteiger partial charge is 0.255 e. The molecule has 0 aliphatic carbocycles. The number of aliphatic hydroxyl groups is 1. The molecule has 1 saturated heterocycles. The summed E-state index contributed by atoms with van der Waals surface area (Å²) >= 11 is 1.60. The molecule has 3 aromatic rings. The van der Waals surface area contributed by atoms with Gasteiger partial charge in [0.05, 0.1) is 18.8 Å². The van der Waals surface area contributed by atoms with Crippen LogP contribution in [0.15, 0.2) is 52.6 Å². The predicted octanol–water partition coefficient (Wildman–Crippen LogP) is 4.74. The van der Waals surface area contributed by atoms with E-state index in [0.29, 0.717) is 28.9 Å². The molecular weight excluding hydrogens is 429 g/mol. The average Bonchev–Trinajstić information content (AvgIpc) is 3.35. The van der Waals surface area contributed by atoms with E-state index >= 15 is 4.39 Å². The highest BCUT2D eigenvalue weighted by atomic mass is 32.2. The first-order chi connectivity index (χ1) is 15.7. The highest BCUT2D eigenvalue weighted by Crippen LogP contribution is 2.35. The summed E-state index contributed by atoms with van der Waals surface area (Å²) < 4.78 is 25.9. The van der Waals surface area contributed by atoms with Gasteiger partial charge in [0.15, 0.2) is 0 Å². The number of aromatic nitrogens is 2. The Balaban J connectivity index is 1.31. The number of piperidine rings is 1. The minimum atomic E-state index is -1.07. The number of alkyl halides is 1. The number of methoxy groups -OCH3 is 1. The number of nitrogens with zero attached hydrogens (tertiary/aromatic N) is 3. The summed E-state index contributed by atoms with van der Waals surface area (Å²) in [4.78, 5) is 10.9. The largest absolute Gasteiger partial charge is 0.497 e. The number of pyridine rings is 1.